The molecule has 0 spiro atoms. The van der Waals surface area contributed by atoms with Crippen LogP contribution in [-0.2, 0) is 10.0 Å². The van der Waals surface area contributed by atoms with Crippen molar-refractivity contribution in [2.24, 2.45) is 5.92 Å². The summed E-state index contributed by atoms with van der Waals surface area (Å²) in [4.78, 5) is 2.18. The van der Waals surface area contributed by atoms with Crippen molar-refractivity contribution in [1.29, 1.82) is 0 Å². The minimum atomic E-state index is -3.54. The van der Waals surface area contributed by atoms with E-state index in [9.17, 15) is 13.5 Å². The van der Waals surface area contributed by atoms with Gasteiger partial charge in [0.2, 0.25) is 10.0 Å². The molecule has 1 saturated heterocycles. The summed E-state index contributed by atoms with van der Waals surface area (Å²) in [5, 5.41) is 10.4. The van der Waals surface area contributed by atoms with Gasteiger partial charge in [-0.1, -0.05) is 26.0 Å². The molecule has 6 heteroatoms. The number of anilines is 1. The van der Waals surface area contributed by atoms with E-state index in [-0.39, 0.29) is 16.9 Å². The highest BCUT2D eigenvalue weighted by molar-refractivity contribution is 7.89. The number of nitrogens with one attached hydrogen (secondary N) is 1. The number of rotatable bonds is 5. The largest absolute Gasteiger partial charge is 0.386 e. The number of β-amino-alcohol motifs (C(OH)–C–C–N with tert-alkyl or cyclic N) is 1. The van der Waals surface area contributed by atoms with E-state index in [1.165, 1.54) is 0 Å². The zero-order valence-corrected chi connectivity index (χ0v) is 13.8. The first kappa shape index (κ1) is 16.3. The van der Waals surface area contributed by atoms with Crippen LogP contribution in [0, 0.1) is 5.92 Å². The monoisotopic (exact) mass is 312 g/mol. The number of aliphatic hydroxyl groups is 1. The zero-order chi connectivity index (χ0) is 15.8. The van der Waals surface area contributed by atoms with Crippen LogP contribution in [0.4, 0.5) is 5.69 Å². The van der Waals surface area contributed by atoms with Crippen molar-refractivity contribution < 1.29 is 13.5 Å². The molecule has 5 nitrogen and oxygen atoms in total. The van der Waals surface area contributed by atoms with Gasteiger partial charge in [-0.2, -0.15) is 0 Å². The van der Waals surface area contributed by atoms with Gasteiger partial charge in [0.25, 0.3) is 0 Å². The fourth-order valence-corrected chi connectivity index (χ4v) is 3.95. The van der Waals surface area contributed by atoms with E-state index in [1.807, 2.05) is 24.8 Å². The topological polar surface area (TPSA) is 69.6 Å². The molecule has 1 heterocycles. The third kappa shape index (κ3) is 3.22. The Morgan fingerprint density at radius 2 is 1.76 bits per heavy atom. The first-order valence-corrected chi connectivity index (χ1v) is 8.73. The van der Waals surface area contributed by atoms with Crippen LogP contribution in [0.5, 0.6) is 0 Å². The Kier molecular flexibility index (Phi) is 4.33. The van der Waals surface area contributed by atoms with Gasteiger partial charge in [-0.05, 0) is 31.9 Å². The molecule has 0 saturated carbocycles. The van der Waals surface area contributed by atoms with Gasteiger partial charge in [0.1, 0.15) is 10.5 Å². The molecule has 0 aliphatic carbocycles. The molecule has 1 aliphatic rings. The Labute approximate surface area is 127 Å². The second kappa shape index (κ2) is 5.59. The summed E-state index contributed by atoms with van der Waals surface area (Å²) >= 11 is 0. The molecule has 1 aromatic carbocycles. The Balaban J connectivity index is 2.28. The lowest BCUT2D eigenvalue weighted by molar-refractivity contribution is -0.0303. The number of sulfonamides is 1. The zero-order valence-electron chi connectivity index (χ0n) is 13.0. The standard InChI is InChI=1S/C15H24N2O3S/c1-11(2)15(18)9-17(10-15)13-7-5-6-8-14(13)21(19,20)16-12(3)4/h5-8,11-12,16,18H,9-10H2,1-4H3. The summed E-state index contributed by atoms with van der Waals surface area (Å²) in [6, 6.07) is 6.76. The summed E-state index contributed by atoms with van der Waals surface area (Å²) in [5.74, 6) is 0.145. The lowest BCUT2D eigenvalue weighted by Gasteiger charge is -2.50. The predicted octanol–water partition coefficient (Wildman–Crippen LogP) is 1.58. The third-order valence-corrected chi connectivity index (χ3v) is 5.60. The van der Waals surface area contributed by atoms with Crippen LogP contribution in [0.15, 0.2) is 29.2 Å². The third-order valence-electron chi connectivity index (χ3n) is 3.89. The fourth-order valence-electron chi connectivity index (χ4n) is 2.47. The molecule has 2 rings (SSSR count). The average Bonchev–Trinajstić information content (AvgIpc) is 2.33. The maximum atomic E-state index is 12.4. The van der Waals surface area contributed by atoms with Crippen LogP contribution in [0.1, 0.15) is 27.7 Å². The number of nitrogens with zero attached hydrogens (tertiary/aromatic N) is 1. The highest BCUT2D eigenvalue weighted by Crippen LogP contribution is 2.36. The van der Waals surface area contributed by atoms with Crippen LogP contribution in [-0.4, -0.2) is 38.3 Å². The first-order chi connectivity index (χ1) is 9.66. The van der Waals surface area contributed by atoms with Crippen molar-refractivity contribution in [3.63, 3.8) is 0 Å². The van der Waals surface area contributed by atoms with E-state index < -0.39 is 15.6 Å². The van der Waals surface area contributed by atoms with Crippen molar-refractivity contribution in [3.05, 3.63) is 24.3 Å². The summed E-state index contributed by atoms with van der Waals surface area (Å²) in [7, 11) is -3.54. The van der Waals surface area contributed by atoms with Gasteiger partial charge >= 0.3 is 0 Å². The number of benzene rings is 1. The van der Waals surface area contributed by atoms with Crippen LogP contribution < -0.4 is 9.62 Å². The van der Waals surface area contributed by atoms with E-state index in [2.05, 4.69) is 4.72 Å². The van der Waals surface area contributed by atoms with Crippen molar-refractivity contribution in [2.45, 2.75) is 44.2 Å². The number of para-hydroxylation sites is 1. The second-order valence-corrected chi connectivity index (χ2v) is 8.04. The second-order valence-electron chi connectivity index (χ2n) is 6.36. The van der Waals surface area contributed by atoms with Gasteiger partial charge in [0.05, 0.1) is 5.69 Å². The Morgan fingerprint density at radius 3 is 2.29 bits per heavy atom. The Morgan fingerprint density at radius 1 is 1.19 bits per heavy atom. The normalized spacial score (nSPS) is 18.1. The van der Waals surface area contributed by atoms with Gasteiger partial charge < -0.3 is 10.0 Å². The Hall–Kier alpha value is -1.11. The number of hydrogen-bond donors (Lipinski definition) is 2. The molecule has 0 bridgehead atoms. The predicted molar refractivity (Wildman–Crippen MR) is 83.9 cm³/mol. The van der Waals surface area contributed by atoms with Crippen LogP contribution in [0.2, 0.25) is 0 Å². The van der Waals surface area contributed by atoms with Crippen molar-refractivity contribution in [1.82, 2.24) is 4.72 Å². The highest BCUT2D eigenvalue weighted by Gasteiger charge is 2.44. The van der Waals surface area contributed by atoms with Crippen LogP contribution in [0.25, 0.3) is 0 Å². The molecule has 0 amide bonds. The fraction of sp³-hybridized carbons (Fsp3) is 0.600. The van der Waals surface area contributed by atoms with Gasteiger partial charge in [0.15, 0.2) is 0 Å². The molecule has 0 unspecified atom stereocenters. The average molecular weight is 312 g/mol. The molecule has 21 heavy (non-hydrogen) atoms. The summed E-state index contributed by atoms with van der Waals surface area (Å²) in [6.45, 7) is 8.45. The van der Waals surface area contributed by atoms with Gasteiger partial charge in [-0.3, -0.25) is 0 Å². The lowest BCUT2D eigenvalue weighted by Crippen LogP contribution is -2.65. The van der Waals surface area contributed by atoms with Crippen molar-refractivity contribution in [2.75, 3.05) is 18.0 Å². The maximum Gasteiger partial charge on any atom is 0.242 e. The SMILES string of the molecule is CC(C)NS(=O)(=O)c1ccccc1N1CC(O)(C(C)C)C1. The molecule has 1 fully saturated rings. The van der Waals surface area contributed by atoms with E-state index in [0.717, 1.165) is 0 Å². The van der Waals surface area contributed by atoms with Crippen molar-refractivity contribution >= 4 is 15.7 Å². The van der Waals surface area contributed by atoms with E-state index in [4.69, 9.17) is 0 Å². The van der Waals surface area contributed by atoms with Crippen LogP contribution in [0.3, 0.4) is 0 Å². The quantitative estimate of drug-likeness (QED) is 0.866. The van der Waals surface area contributed by atoms with Gasteiger partial charge in [-0.15, -0.1) is 0 Å². The highest BCUT2D eigenvalue weighted by atomic mass is 32.2. The smallest absolute Gasteiger partial charge is 0.242 e. The molecule has 0 atom stereocenters. The summed E-state index contributed by atoms with van der Waals surface area (Å²) < 4.78 is 27.4. The maximum absolute atomic E-state index is 12.4. The summed E-state index contributed by atoms with van der Waals surface area (Å²) in [5.41, 5.74) is -0.0847. The molecule has 2 N–H and O–H groups in total. The van der Waals surface area contributed by atoms with Gasteiger partial charge in [-0.25, -0.2) is 13.1 Å². The minimum absolute atomic E-state index is 0.145. The van der Waals surface area contributed by atoms with E-state index >= 15 is 0 Å². The Bertz CT molecular complexity index is 605. The molecule has 1 aliphatic heterocycles. The molecule has 0 aromatic heterocycles. The summed E-state index contributed by atoms with van der Waals surface area (Å²) in [6.07, 6.45) is 0. The lowest BCUT2D eigenvalue weighted by atomic mass is 9.82. The molecular weight excluding hydrogens is 288 g/mol. The first-order valence-electron chi connectivity index (χ1n) is 7.24. The van der Waals surface area contributed by atoms with E-state index in [0.29, 0.717) is 18.8 Å². The minimum Gasteiger partial charge on any atom is -0.386 e. The van der Waals surface area contributed by atoms with Crippen LogP contribution >= 0.6 is 0 Å². The van der Waals surface area contributed by atoms with E-state index in [1.54, 1.807) is 32.0 Å². The molecular formula is C15H24N2O3S. The molecule has 1 aromatic rings. The molecule has 0 radical (unpaired) electrons. The number of hydrogen-bond acceptors (Lipinski definition) is 4. The molecule has 118 valence electrons. The van der Waals surface area contributed by atoms with Crippen molar-refractivity contribution in [3.8, 4) is 0 Å². The van der Waals surface area contributed by atoms with Gasteiger partial charge in [0, 0.05) is 19.1 Å².